The van der Waals surface area contributed by atoms with E-state index < -0.39 is 0 Å². The summed E-state index contributed by atoms with van der Waals surface area (Å²) in [7, 11) is 0. The van der Waals surface area contributed by atoms with Crippen molar-refractivity contribution >= 4 is 11.6 Å². The SMILES string of the molecule is CC1(C)CNCCN1CCCc1ccccc1Cl. The van der Waals surface area contributed by atoms with Crippen LogP contribution in [0.3, 0.4) is 0 Å². The van der Waals surface area contributed by atoms with Crippen molar-refractivity contribution in [1.82, 2.24) is 10.2 Å². The summed E-state index contributed by atoms with van der Waals surface area (Å²) < 4.78 is 0. The monoisotopic (exact) mass is 266 g/mol. The summed E-state index contributed by atoms with van der Waals surface area (Å²) in [6.07, 6.45) is 2.24. The first kappa shape index (κ1) is 13.9. The van der Waals surface area contributed by atoms with E-state index in [1.54, 1.807) is 0 Å². The van der Waals surface area contributed by atoms with Gasteiger partial charge in [-0.25, -0.2) is 0 Å². The molecule has 0 saturated carbocycles. The lowest BCUT2D eigenvalue weighted by molar-refractivity contribution is 0.0895. The molecule has 2 rings (SSSR count). The van der Waals surface area contributed by atoms with Gasteiger partial charge < -0.3 is 5.32 Å². The molecule has 0 aromatic heterocycles. The number of hydrogen-bond acceptors (Lipinski definition) is 2. The van der Waals surface area contributed by atoms with E-state index in [4.69, 9.17) is 11.6 Å². The Morgan fingerprint density at radius 3 is 2.83 bits per heavy atom. The van der Waals surface area contributed by atoms with Crippen LogP contribution < -0.4 is 5.32 Å². The minimum Gasteiger partial charge on any atom is -0.314 e. The highest BCUT2D eigenvalue weighted by Gasteiger charge is 2.28. The van der Waals surface area contributed by atoms with Gasteiger partial charge in [-0.2, -0.15) is 0 Å². The van der Waals surface area contributed by atoms with Crippen molar-refractivity contribution in [1.29, 1.82) is 0 Å². The standard InChI is InChI=1S/C15H23ClN2/c1-15(2)12-17-9-11-18(15)10-5-7-13-6-3-4-8-14(13)16/h3-4,6,8,17H,5,7,9-12H2,1-2H3. The van der Waals surface area contributed by atoms with E-state index in [0.29, 0.717) is 0 Å². The number of halogens is 1. The van der Waals surface area contributed by atoms with Crippen LogP contribution in [0.1, 0.15) is 25.8 Å². The van der Waals surface area contributed by atoms with Crippen LogP contribution in [0, 0.1) is 0 Å². The molecule has 1 heterocycles. The Kier molecular flexibility index (Phi) is 4.66. The van der Waals surface area contributed by atoms with Crippen molar-refractivity contribution in [2.75, 3.05) is 26.2 Å². The second-order valence-electron chi connectivity index (χ2n) is 5.67. The summed E-state index contributed by atoms with van der Waals surface area (Å²) in [4.78, 5) is 2.58. The van der Waals surface area contributed by atoms with Crippen molar-refractivity contribution in [2.45, 2.75) is 32.2 Å². The molecule has 1 fully saturated rings. The summed E-state index contributed by atoms with van der Waals surface area (Å²) in [6, 6.07) is 8.16. The van der Waals surface area contributed by atoms with Crippen LogP contribution in [0.5, 0.6) is 0 Å². The molecule has 18 heavy (non-hydrogen) atoms. The fraction of sp³-hybridized carbons (Fsp3) is 0.600. The molecule has 1 aromatic rings. The van der Waals surface area contributed by atoms with Gasteiger partial charge in [0.2, 0.25) is 0 Å². The van der Waals surface area contributed by atoms with Gasteiger partial charge in [0.1, 0.15) is 0 Å². The van der Waals surface area contributed by atoms with Crippen LogP contribution in [-0.4, -0.2) is 36.6 Å². The Morgan fingerprint density at radius 2 is 2.11 bits per heavy atom. The fourth-order valence-corrected chi connectivity index (χ4v) is 2.83. The molecule has 0 atom stereocenters. The Labute approximate surface area is 115 Å². The molecule has 1 aromatic carbocycles. The smallest absolute Gasteiger partial charge is 0.0437 e. The fourth-order valence-electron chi connectivity index (χ4n) is 2.60. The van der Waals surface area contributed by atoms with Gasteiger partial charge in [0.25, 0.3) is 0 Å². The second-order valence-corrected chi connectivity index (χ2v) is 6.08. The van der Waals surface area contributed by atoms with E-state index >= 15 is 0 Å². The average molecular weight is 267 g/mol. The van der Waals surface area contributed by atoms with Crippen LogP contribution in [0.25, 0.3) is 0 Å². The van der Waals surface area contributed by atoms with Gasteiger partial charge in [0, 0.05) is 30.2 Å². The summed E-state index contributed by atoms with van der Waals surface area (Å²) in [5.74, 6) is 0. The molecule has 1 aliphatic rings. The average Bonchev–Trinajstić information content (AvgIpc) is 2.33. The van der Waals surface area contributed by atoms with Gasteiger partial charge in [0.15, 0.2) is 0 Å². The lowest BCUT2D eigenvalue weighted by Crippen LogP contribution is -2.58. The molecule has 0 aliphatic carbocycles. The minimum absolute atomic E-state index is 0.277. The van der Waals surface area contributed by atoms with Crippen molar-refractivity contribution in [3.05, 3.63) is 34.9 Å². The maximum Gasteiger partial charge on any atom is 0.0437 e. The van der Waals surface area contributed by atoms with E-state index in [1.807, 2.05) is 12.1 Å². The van der Waals surface area contributed by atoms with E-state index in [2.05, 4.69) is 36.2 Å². The topological polar surface area (TPSA) is 15.3 Å². The summed E-state index contributed by atoms with van der Waals surface area (Å²) in [5.41, 5.74) is 1.55. The Morgan fingerprint density at radius 1 is 1.33 bits per heavy atom. The molecule has 100 valence electrons. The molecule has 1 aliphatic heterocycles. The zero-order chi connectivity index (χ0) is 13.0. The molecule has 0 spiro atoms. The number of nitrogens with zero attached hydrogens (tertiary/aromatic N) is 1. The molecule has 0 amide bonds. The van der Waals surface area contributed by atoms with Crippen LogP contribution in [-0.2, 0) is 6.42 Å². The van der Waals surface area contributed by atoms with E-state index in [0.717, 1.165) is 37.6 Å². The Bertz CT molecular complexity index is 390. The van der Waals surface area contributed by atoms with Gasteiger partial charge >= 0.3 is 0 Å². The highest BCUT2D eigenvalue weighted by atomic mass is 35.5. The van der Waals surface area contributed by atoms with Gasteiger partial charge in [0.05, 0.1) is 0 Å². The lowest BCUT2D eigenvalue weighted by atomic mass is 9.99. The molecule has 2 nitrogen and oxygen atoms in total. The van der Waals surface area contributed by atoms with Crippen molar-refractivity contribution in [3.63, 3.8) is 0 Å². The van der Waals surface area contributed by atoms with Crippen LogP contribution in [0.4, 0.5) is 0 Å². The van der Waals surface area contributed by atoms with Crippen molar-refractivity contribution in [2.24, 2.45) is 0 Å². The highest BCUT2D eigenvalue weighted by molar-refractivity contribution is 6.31. The van der Waals surface area contributed by atoms with Crippen molar-refractivity contribution in [3.8, 4) is 0 Å². The zero-order valence-corrected chi connectivity index (χ0v) is 12.1. The first-order valence-corrected chi connectivity index (χ1v) is 7.16. The quantitative estimate of drug-likeness (QED) is 0.902. The van der Waals surface area contributed by atoms with Crippen LogP contribution >= 0.6 is 11.6 Å². The number of hydrogen-bond donors (Lipinski definition) is 1. The van der Waals surface area contributed by atoms with Gasteiger partial charge in [-0.05, 0) is 44.9 Å². The van der Waals surface area contributed by atoms with Gasteiger partial charge in [-0.3, -0.25) is 4.90 Å². The maximum absolute atomic E-state index is 6.18. The highest BCUT2D eigenvalue weighted by Crippen LogP contribution is 2.19. The molecule has 0 radical (unpaired) electrons. The molecule has 0 bridgehead atoms. The second kappa shape index (κ2) is 6.05. The number of benzene rings is 1. The van der Waals surface area contributed by atoms with Gasteiger partial charge in [-0.1, -0.05) is 29.8 Å². The number of rotatable bonds is 4. The molecule has 1 saturated heterocycles. The summed E-state index contributed by atoms with van der Waals surface area (Å²) >= 11 is 6.18. The first-order valence-electron chi connectivity index (χ1n) is 6.79. The summed E-state index contributed by atoms with van der Waals surface area (Å²) in [6.45, 7) is 9.12. The Balaban J connectivity index is 1.83. The summed E-state index contributed by atoms with van der Waals surface area (Å²) in [5, 5.41) is 4.36. The minimum atomic E-state index is 0.277. The predicted molar refractivity (Wildman–Crippen MR) is 78.3 cm³/mol. The molecule has 0 unspecified atom stereocenters. The van der Waals surface area contributed by atoms with Crippen LogP contribution in [0.2, 0.25) is 5.02 Å². The Hall–Kier alpha value is -0.570. The third kappa shape index (κ3) is 3.47. The number of aryl methyl sites for hydroxylation is 1. The lowest BCUT2D eigenvalue weighted by Gasteiger charge is -2.43. The first-order chi connectivity index (χ1) is 8.59. The normalized spacial score (nSPS) is 19.9. The van der Waals surface area contributed by atoms with Crippen molar-refractivity contribution < 1.29 is 0 Å². The molecular weight excluding hydrogens is 244 g/mol. The van der Waals surface area contributed by atoms with E-state index in [9.17, 15) is 0 Å². The number of nitrogens with one attached hydrogen (secondary N) is 1. The van der Waals surface area contributed by atoms with E-state index in [1.165, 1.54) is 12.0 Å². The molecular formula is C15H23ClN2. The van der Waals surface area contributed by atoms with Crippen LogP contribution in [0.15, 0.2) is 24.3 Å². The largest absolute Gasteiger partial charge is 0.314 e. The third-order valence-electron chi connectivity index (χ3n) is 3.80. The maximum atomic E-state index is 6.18. The third-order valence-corrected chi connectivity index (χ3v) is 4.17. The number of piperazine rings is 1. The zero-order valence-electron chi connectivity index (χ0n) is 11.4. The van der Waals surface area contributed by atoms with E-state index in [-0.39, 0.29) is 5.54 Å². The van der Waals surface area contributed by atoms with Gasteiger partial charge in [-0.15, -0.1) is 0 Å². The molecule has 1 N–H and O–H groups in total. The molecule has 3 heteroatoms. The predicted octanol–water partition coefficient (Wildman–Crippen LogP) is 2.96.